The van der Waals surface area contributed by atoms with E-state index in [0.717, 1.165) is 19.5 Å². The molecular formula is C8H19NO. The van der Waals surface area contributed by atoms with Crippen molar-refractivity contribution in [3.05, 3.63) is 0 Å². The second-order valence-corrected chi connectivity index (χ2v) is 3.24. The first kappa shape index (κ1) is 9.92. The molecule has 0 amide bonds. The number of aliphatic hydroxyl groups is 1. The lowest BCUT2D eigenvalue weighted by molar-refractivity contribution is 0.183. The Balaban J connectivity index is 2.91. The molecule has 0 aliphatic rings. The standard InChI is InChI=1S/C8H19NO/c1-7(2)6-9-5-4-8(3)10/h7-10H,4-6H2,1-3H3. The van der Waals surface area contributed by atoms with E-state index in [0.29, 0.717) is 5.92 Å². The van der Waals surface area contributed by atoms with Crippen LogP contribution in [0.2, 0.25) is 0 Å². The van der Waals surface area contributed by atoms with E-state index in [9.17, 15) is 0 Å². The van der Waals surface area contributed by atoms with Gasteiger partial charge in [-0.05, 0) is 32.4 Å². The number of nitrogens with one attached hydrogen (secondary N) is 1. The molecule has 10 heavy (non-hydrogen) atoms. The van der Waals surface area contributed by atoms with Gasteiger partial charge in [0.2, 0.25) is 0 Å². The van der Waals surface area contributed by atoms with Crippen molar-refractivity contribution in [3.63, 3.8) is 0 Å². The Bertz CT molecular complexity index is 61.7. The van der Waals surface area contributed by atoms with Crippen LogP contribution in [0.15, 0.2) is 0 Å². The van der Waals surface area contributed by atoms with Crippen molar-refractivity contribution in [3.8, 4) is 0 Å². The molecule has 0 saturated heterocycles. The summed E-state index contributed by atoms with van der Waals surface area (Å²) in [6, 6.07) is 0. The summed E-state index contributed by atoms with van der Waals surface area (Å²) in [6.45, 7) is 8.14. The van der Waals surface area contributed by atoms with Crippen molar-refractivity contribution in [2.75, 3.05) is 13.1 Å². The Morgan fingerprint density at radius 1 is 1.30 bits per heavy atom. The van der Waals surface area contributed by atoms with Crippen LogP contribution in [-0.4, -0.2) is 24.3 Å². The molecule has 0 heterocycles. The molecule has 0 spiro atoms. The molecule has 0 aromatic carbocycles. The van der Waals surface area contributed by atoms with Gasteiger partial charge in [0.1, 0.15) is 0 Å². The SMILES string of the molecule is CC(C)CNCCC(C)O. The molecule has 2 N–H and O–H groups in total. The normalized spacial score (nSPS) is 14.1. The molecule has 1 unspecified atom stereocenters. The molecule has 1 atom stereocenters. The second-order valence-electron chi connectivity index (χ2n) is 3.24. The molecule has 2 heteroatoms. The Kier molecular flexibility index (Phi) is 5.64. The van der Waals surface area contributed by atoms with Gasteiger partial charge in [-0.25, -0.2) is 0 Å². The highest BCUT2D eigenvalue weighted by atomic mass is 16.3. The van der Waals surface area contributed by atoms with Gasteiger partial charge in [0.15, 0.2) is 0 Å². The molecule has 0 aromatic heterocycles. The maximum Gasteiger partial charge on any atom is 0.0524 e. The zero-order chi connectivity index (χ0) is 7.98. The molecule has 0 aromatic rings. The van der Waals surface area contributed by atoms with Crippen molar-refractivity contribution < 1.29 is 5.11 Å². The van der Waals surface area contributed by atoms with Crippen LogP contribution >= 0.6 is 0 Å². The molecule has 0 fully saturated rings. The summed E-state index contributed by atoms with van der Waals surface area (Å²) < 4.78 is 0. The van der Waals surface area contributed by atoms with Gasteiger partial charge in [-0.3, -0.25) is 0 Å². The van der Waals surface area contributed by atoms with Crippen LogP contribution in [0.1, 0.15) is 27.2 Å². The first-order valence-electron chi connectivity index (χ1n) is 4.01. The third kappa shape index (κ3) is 7.92. The van der Waals surface area contributed by atoms with E-state index in [1.807, 2.05) is 6.92 Å². The lowest BCUT2D eigenvalue weighted by Gasteiger charge is -2.07. The minimum Gasteiger partial charge on any atom is -0.393 e. The van der Waals surface area contributed by atoms with E-state index in [1.165, 1.54) is 0 Å². The Morgan fingerprint density at radius 2 is 1.90 bits per heavy atom. The highest BCUT2D eigenvalue weighted by Gasteiger charge is 1.95. The highest BCUT2D eigenvalue weighted by molar-refractivity contribution is 4.53. The molecular weight excluding hydrogens is 126 g/mol. The number of aliphatic hydroxyl groups excluding tert-OH is 1. The average Bonchev–Trinajstić information content (AvgIpc) is 1.79. The van der Waals surface area contributed by atoms with Crippen molar-refractivity contribution in [1.82, 2.24) is 5.32 Å². The van der Waals surface area contributed by atoms with Gasteiger partial charge in [0.05, 0.1) is 6.10 Å². The van der Waals surface area contributed by atoms with Crippen LogP contribution in [0.25, 0.3) is 0 Å². The highest BCUT2D eigenvalue weighted by Crippen LogP contribution is 1.89. The molecule has 0 radical (unpaired) electrons. The van der Waals surface area contributed by atoms with E-state index in [1.54, 1.807) is 0 Å². The summed E-state index contributed by atoms with van der Waals surface area (Å²) in [7, 11) is 0. The molecule has 0 bridgehead atoms. The maximum absolute atomic E-state index is 8.88. The van der Waals surface area contributed by atoms with Crippen molar-refractivity contribution in [1.29, 1.82) is 0 Å². The number of rotatable bonds is 5. The summed E-state index contributed by atoms with van der Waals surface area (Å²) in [6.07, 6.45) is 0.687. The largest absolute Gasteiger partial charge is 0.393 e. The van der Waals surface area contributed by atoms with E-state index in [4.69, 9.17) is 5.11 Å². The molecule has 0 saturated carbocycles. The van der Waals surface area contributed by atoms with E-state index >= 15 is 0 Å². The lowest BCUT2D eigenvalue weighted by atomic mass is 10.2. The van der Waals surface area contributed by atoms with Crippen molar-refractivity contribution >= 4 is 0 Å². The fourth-order valence-electron chi connectivity index (χ4n) is 0.702. The van der Waals surface area contributed by atoms with Gasteiger partial charge in [-0.1, -0.05) is 13.8 Å². The summed E-state index contributed by atoms with van der Waals surface area (Å²) in [5.41, 5.74) is 0. The zero-order valence-corrected chi connectivity index (χ0v) is 7.22. The van der Waals surface area contributed by atoms with Gasteiger partial charge in [0, 0.05) is 0 Å². The lowest BCUT2D eigenvalue weighted by Crippen LogP contribution is -2.23. The summed E-state index contributed by atoms with van der Waals surface area (Å²) >= 11 is 0. The predicted octanol–water partition coefficient (Wildman–Crippen LogP) is 1.00. The summed E-state index contributed by atoms with van der Waals surface area (Å²) in [5, 5.41) is 12.1. The smallest absolute Gasteiger partial charge is 0.0524 e. The van der Waals surface area contributed by atoms with Crippen LogP contribution in [-0.2, 0) is 0 Å². The minimum absolute atomic E-state index is 0.167. The maximum atomic E-state index is 8.88. The van der Waals surface area contributed by atoms with Gasteiger partial charge in [0.25, 0.3) is 0 Å². The Labute approximate surface area is 63.6 Å². The zero-order valence-electron chi connectivity index (χ0n) is 7.22. The van der Waals surface area contributed by atoms with Crippen LogP contribution in [0, 0.1) is 5.92 Å². The monoisotopic (exact) mass is 145 g/mol. The average molecular weight is 145 g/mol. The van der Waals surface area contributed by atoms with E-state index in [2.05, 4.69) is 19.2 Å². The predicted molar refractivity (Wildman–Crippen MR) is 44.0 cm³/mol. The van der Waals surface area contributed by atoms with Crippen LogP contribution in [0.5, 0.6) is 0 Å². The second kappa shape index (κ2) is 5.69. The number of hydrogen-bond acceptors (Lipinski definition) is 2. The number of hydrogen-bond donors (Lipinski definition) is 2. The first-order chi connectivity index (χ1) is 4.63. The van der Waals surface area contributed by atoms with E-state index < -0.39 is 0 Å². The quantitative estimate of drug-likeness (QED) is 0.566. The van der Waals surface area contributed by atoms with Gasteiger partial charge < -0.3 is 10.4 Å². The fraction of sp³-hybridized carbons (Fsp3) is 1.00. The molecule has 0 rings (SSSR count). The van der Waals surface area contributed by atoms with Gasteiger partial charge >= 0.3 is 0 Å². The van der Waals surface area contributed by atoms with Crippen LogP contribution in [0.3, 0.4) is 0 Å². The summed E-state index contributed by atoms with van der Waals surface area (Å²) in [5.74, 6) is 0.703. The summed E-state index contributed by atoms with van der Waals surface area (Å²) in [4.78, 5) is 0. The fourth-order valence-corrected chi connectivity index (χ4v) is 0.702. The molecule has 0 aliphatic heterocycles. The third-order valence-corrected chi connectivity index (χ3v) is 1.29. The van der Waals surface area contributed by atoms with Crippen LogP contribution < -0.4 is 5.32 Å². The van der Waals surface area contributed by atoms with Crippen molar-refractivity contribution in [2.45, 2.75) is 33.3 Å². The van der Waals surface area contributed by atoms with Gasteiger partial charge in [-0.15, -0.1) is 0 Å². The molecule has 0 aliphatic carbocycles. The minimum atomic E-state index is -0.167. The van der Waals surface area contributed by atoms with Crippen molar-refractivity contribution in [2.24, 2.45) is 5.92 Å². The van der Waals surface area contributed by atoms with Crippen LogP contribution in [0.4, 0.5) is 0 Å². The topological polar surface area (TPSA) is 32.3 Å². The Morgan fingerprint density at radius 3 is 2.30 bits per heavy atom. The first-order valence-corrected chi connectivity index (χ1v) is 4.01. The van der Waals surface area contributed by atoms with E-state index in [-0.39, 0.29) is 6.10 Å². The molecule has 62 valence electrons. The molecule has 2 nitrogen and oxygen atoms in total. The van der Waals surface area contributed by atoms with Gasteiger partial charge in [-0.2, -0.15) is 0 Å². The Hall–Kier alpha value is -0.0800. The third-order valence-electron chi connectivity index (χ3n) is 1.29.